The third-order valence-electron chi connectivity index (χ3n) is 4.57. The number of hydrogen-bond acceptors (Lipinski definition) is 5. The van der Waals surface area contributed by atoms with Crippen molar-refractivity contribution in [3.05, 3.63) is 53.7 Å². The number of hydrogen-bond donors (Lipinski definition) is 1. The Balaban J connectivity index is 0.00000243. The van der Waals surface area contributed by atoms with Crippen molar-refractivity contribution in [1.82, 2.24) is 15.2 Å². The minimum Gasteiger partial charge on any atom is -0.494 e. The summed E-state index contributed by atoms with van der Waals surface area (Å²) in [6.07, 6.45) is 1.89. The molecule has 2 aromatic rings. The lowest BCUT2D eigenvalue weighted by Gasteiger charge is -2.34. The number of rotatable bonds is 7. The van der Waals surface area contributed by atoms with Gasteiger partial charge in [0, 0.05) is 56.6 Å². The van der Waals surface area contributed by atoms with Crippen molar-refractivity contribution in [3.8, 4) is 5.75 Å². The Morgan fingerprint density at radius 3 is 2.46 bits per heavy atom. The molecule has 0 atom stereocenters. The van der Waals surface area contributed by atoms with Gasteiger partial charge in [-0.15, -0.1) is 12.4 Å². The molecule has 6 heteroatoms. The molecule has 1 aromatic carbocycles. The predicted molar refractivity (Wildman–Crippen MR) is 109 cm³/mol. The van der Waals surface area contributed by atoms with Crippen molar-refractivity contribution >= 4 is 18.2 Å². The van der Waals surface area contributed by atoms with Gasteiger partial charge in [-0.05, 0) is 26.1 Å². The molecule has 1 aromatic heterocycles. The van der Waals surface area contributed by atoms with Gasteiger partial charge in [0.1, 0.15) is 11.6 Å². The summed E-state index contributed by atoms with van der Waals surface area (Å²) in [7, 11) is 2.17. The van der Waals surface area contributed by atoms with Gasteiger partial charge >= 0.3 is 0 Å². The fraction of sp³-hybridized carbons (Fsp3) is 0.450. The number of pyridine rings is 1. The van der Waals surface area contributed by atoms with Crippen LogP contribution in [0.2, 0.25) is 0 Å². The van der Waals surface area contributed by atoms with E-state index in [-0.39, 0.29) is 12.4 Å². The second-order valence-electron chi connectivity index (χ2n) is 6.42. The Bertz CT molecular complexity index is 674. The Labute approximate surface area is 162 Å². The summed E-state index contributed by atoms with van der Waals surface area (Å²) in [5.74, 6) is 2.07. The zero-order chi connectivity index (χ0) is 17.5. The first-order valence-electron chi connectivity index (χ1n) is 9.06. The van der Waals surface area contributed by atoms with Crippen LogP contribution in [0, 0.1) is 0 Å². The van der Waals surface area contributed by atoms with Crippen LogP contribution >= 0.6 is 12.4 Å². The summed E-state index contributed by atoms with van der Waals surface area (Å²) in [5, 5.41) is 3.55. The highest BCUT2D eigenvalue weighted by atomic mass is 35.5. The Hall–Kier alpha value is -1.82. The van der Waals surface area contributed by atoms with E-state index in [1.807, 2.05) is 31.3 Å². The molecule has 5 nitrogen and oxygen atoms in total. The van der Waals surface area contributed by atoms with E-state index in [4.69, 9.17) is 4.74 Å². The average Bonchev–Trinajstić information content (AvgIpc) is 2.65. The summed E-state index contributed by atoms with van der Waals surface area (Å²) in [4.78, 5) is 9.40. The fourth-order valence-corrected chi connectivity index (χ4v) is 3.15. The molecule has 1 N–H and O–H groups in total. The third-order valence-corrected chi connectivity index (χ3v) is 4.57. The maximum atomic E-state index is 5.70. The van der Waals surface area contributed by atoms with Crippen molar-refractivity contribution in [2.45, 2.75) is 20.0 Å². The van der Waals surface area contributed by atoms with Crippen LogP contribution in [0.5, 0.6) is 5.75 Å². The van der Waals surface area contributed by atoms with Crippen molar-refractivity contribution in [1.29, 1.82) is 0 Å². The molecular formula is C20H29ClN4O. The van der Waals surface area contributed by atoms with Gasteiger partial charge in [0.2, 0.25) is 0 Å². The molecule has 1 aliphatic rings. The zero-order valence-corrected chi connectivity index (χ0v) is 16.5. The van der Waals surface area contributed by atoms with Gasteiger partial charge in [-0.3, -0.25) is 0 Å². The van der Waals surface area contributed by atoms with Gasteiger partial charge in [-0.25, -0.2) is 4.98 Å². The van der Waals surface area contributed by atoms with Crippen molar-refractivity contribution in [2.24, 2.45) is 0 Å². The van der Waals surface area contributed by atoms with Crippen LogP contribution in [0.25, 0.3) is 0 Å². The molecule has 0 bridgehead atoms. The van der Waals surface area contributed by atoms with E-state index in [2.05, 4.69) is 45.3 Å². The van der Waals surface area contributed by atoms with E-state index in [9.17, 15) is 0 Å². The molecule has 142 valence electrons. The molecule has 0 amide bonds. The van der Waals surface area contributed by atoms with Gasteiger partial charge in [-0.2, -0.15) is 0 Å². The smallest absolute Gasteiger partial charge is 0.133 e. The number of aromatic nitrogens is 1. The van der Waals surface area contributed by atoms with Crippen LogP contribution in [-0.2, 0) is 13.1 Å². The second kappa shape index (κ2) is 10.4. The van der Waals surface area contributed by atoms with Gasteiger partial charge < -0.3 is 19.9 Å². The van der Waals surface area contributed by atoms with E-state index in [1.165, 1.54) is 11.1 Å². The lowest BCUT2D eigenvalue weighted by Crippen LogP contribution is -2.45. The van der Waals surface area contributed by atoms with E-state index in [1.54, 1.807) is 0 Å². The lowest BCUT2D eigenvalue weighted by atomic mass is 10.2. The Morgan fingerprint density at radius 1 is 1.00 bits per heavy atom. The van der Waals surface area contributed by atoms with Crippen LogP contribution < -0.4 is 15.0 Å². The monoisotopic (exact) mass is 376 g/mol. The highest BCUT2D eigenvalue weighted by Crippen LogP contribution is 2.20. The van der Waals surface area contributed by atoms with Gasteiger partial charge in [0.15, 0.2) is 0 Å². The zero-order valence-electron chi connectivity index (χ0n) is 15.6. The first-order chi connectivity index (χ1) is 12.3. The molecule has 0 spiro atoms. The normalized spacial score (nSPS) is 14.8. The van der Waals surface area contributed by atoms with E-state index in [0.717, 1.165) is 50.8 Å². The maximum absolute atomic E-state index is 5.70. The second-order valence-corrected chi connectivity index (χ2v) is 6.42. The first-order valence-corrected chi connectivity index (χ1v) is 9.06. The van der Waals surface area contributed by atoms with Crippen LogP contribution in [0.4, 0.5) is 5.82 Å². The number of nitrogens with zero attached hydrogens (tertiary/aromatic N) is 3. The summed E-state index contributed by atoms with van der Waals surface area (Å²) >= 11 is 0. The summed E-state index contributed by atoms with van der Waals surface area (Å²) < 4.78 is 5.70. The lowest BCUT2D eigenvalue weighted by molar-refractivity contribution is 0.311. The largest absolute Gasteiger partial charge is 0.494 e. The molecule has 1 saturated heterocycles. The highest BCUT2D eigenvalue weighted by Gasteiger charge is 2.17. The summed E-state index contributed by atoms with van der Waals surface area (Å²) in [6.45, 7) is 8.54. The molecule has 0 saturated carbocycles. The average molecular weight is 377 g/mol. The molecule has 2 heterocycles. The molecular weight excluding hydrogens is 348 g/mol. The Kier molecular flexibility index (Phi) is 8.16. The number of ether oxygens (including phenoxy) is 1. The van der Waals surface area contributed by atoms with Crippen molar-refractivity contribution in [3.63, 3.8) is 0 Å². The van der Waals surface area contributed by atoms with Crippen LogP contribution in [-0.4, -0.2) is 49.7 Å². The molecule has 0 aliphatic carbocycles. The molecule has 1 aliphatic heterocycles. The molecule has 0 unspecified atom stereocenters. The summed E-state index contributed by atoms with van der Waals surface area (Å²) in [5.41, 5.74) is 2.44. The van der Waals surface area contributed by atoms with E-state index in [0.29, 0.717) is 6.61 Å². The highest BCUT2D eigenvalue weighted by molar-refractivity contribution is 5.85. The number of anilines is 1. The standard InChI is InChI=1S/C20H28N4O.ClH/c1-3-25-19-9-5-4-7-17(19)15-21-16-18-8-6-10-22-20(18)24-13-11-23(2)12-14-24;/h4-10,21H,3,11-16H2,1-2H3;1H. The summed E-state index contributed by atoms with van der Waals surface area (Å²) in [6, 6.07) is 12.4. The number of likely N-dealkylation sites (N-methyl/N-ethyl adjacent to an activating group) is 1. The number of benzene rings is 1. The van der Waals surface area contributed by atoms with Crippen molar-refractivity contribution in [2.75, 3.05) is 44.7 Å². The minimum atomic E-state index is 0. The predicted octanol–water partition coefficient (Wildman–Crippen LogP) is 2.94. The molecule has 1 fully saturated rings. The quantitative estimate of drug-likeness (QED) is 0.804. The Morgan fingerprint density at radius 2 is 1.69 bits per heavy atom. The van der Waals surface area contributed by atoms with Crippen LogP contribution in [0.3, 0.4) is 0 Å². The number of nitrogens with one attached hydrogen (secondary N) is 1. The number of para-hydroxylation sites is 1. The van der Waals surface area contributed by atoms with Gasteiger partial charge in [-0.1, -0.05) is 24.3 Å². The third kappa shape index (κ3) is 5.34. The van der Waals surface area contributed by atoms with Gasteiger partial charge in [0.05, 0.1) is 6.61 Å². The topological polar surface area (TPSA) is 40.6 Å². The van der Waals surface area contributed by atoms with Gasteiger partial charge in [0.25, 0.3) is 0 Å². The van der Waals surface area contributed by atoms with Crippen molar-refractivity contribution < 1.29 is 4.74 Å². The maximum Gasteiger partial charge on any atom is 0.133 e. The SMILES string of the molecule is CCOc1ccccc1CNCc1cccnc1N1CCN(C)CC1.Cl. The number of piperazine rings is 1. The van der Waals surface area contributed by atoms with E-state index < -0.39 is 0 Å². The fourth-order valence-electron chi connectivity index (χ4n) is 3.15. The van der Waals surface area contributed by atoms with Crippen LogP contribution in [0.1, 0.15) is 18.1 Å². The molecule has 0 radical (unpaired) electrons. The minimum absolute atomic E-state index is 0. The molecule has 26 heavy (non-hydrogen) atoms. The molecule has 3 rings (SSSR count). The number of halogens is 1. The first kappa shape index (κ1) is 20.5. The van der Waals surface area contributed by atoms with Crippen LogP contribution in [0.15, 0.2) is 42.6 Å². The van der Waals surface area contributed by atoms with E-state index >= 15 is 0 Å².